The van der Waals surface area contributed by atoms with Crippen LogP contribution >= 0.6 is 0 Å². The number of aromatic nitrogens is 5. The lowest BCUT2D eigenvalue weighted by molar-refractivity contribution is 0.0746. The van der Waals surface area contributed by atoms with E-state index in [-0.39, 0.29) is 5.91 Å². The van der Waals surface area contributed by atoms with E-state index in [1.54, 1.807) is 38.1 Å². The molecule has 0 bridgehead atoms. The molecule has 0 saturated carbocycles. The van der Waals surface area contributed by atoms with Gasteiger partial charge >= 0.3 is 0 Å². The summed E-state index contributed by atoms with van der Waals surface area (Å²) in [7, 11) is 1.55. The molecule has 0 aliphatic carbocycles. The molecule has 4 heterocycles. The highest BCUT2D eigenvalue weighted by atomic mass is 16.5. The number of imidazole rings is 1. The van der Waals surface area contributed by atoms with E-state index >= 15 is 0 Å². The molecule has 0 aromatic carbocycles. The van der Waals surface area contributed by atoms with Crippen LogP contribution in [0.3, 0.4) is 0 Å². The van der Waals surface area contributed by atoms with Gasteiger partial charge in [-0.1, -0.05) is 0 Å². The molecule has 1 aliphatic heterocycles. The molecule has 0 unspecified atom stereocenters. The van der Waals surface area contributed by atoms with E-state index in [1.165, 1.54) is 0 Å². The Kier molecular flexibility index (Phi) is 5.11. The summed E-state index contributed by atoms with van der Waals surface area (Å²) in [6.45, 7) is 6.63. The molecule has 29 heavy (non-hydrogen) atoms. The molecule has 150 valence electrons. The number of amides is 1. The van der Waals surface area contributed by atoms with Crippen LogP contribution in [0.25, 0.3) is 5.82 Å². The van der Waals surface area contributed by atoms with Gasteiger partial charge in [0.05, 0.1) is 18.4 Å². The molecule has 4 rings (SSSR count). The number of carbonyl (C=O) groups excluding carboxylic acids is 1. The molecule has 1 fully saturated rings. The Balaban J connectivity index is 1.43. The second kappa shape index (κ2) is 7.86. The SMILES string of the molecule is COc1ccc(C(=O)N2CCN(c3cc(-n4cnc(C)c4C)ncn3)CC2)cn1. The van der Waals surface area contributed by atoms with Crippen LogP contribution in [0.1, 0.15) is 21.7 Å². The summed E-state index contributed by atoms with van der Waals surface area (Å²) in [6, 6.07) is 5.40. The fraction of sp³-hybridized carbons (Fsp3) is 0.350. The average molecular weight is 393 g/mol. The summed E-state index contributed by atoms with van der Waals surface area (Å²) in [4.78, 5) is 34.0. The minimum absolute atomic E-state index is 0.0207. The lowest BCUT2D eigenvalue weighted by atomic mass is 10.2. The van der Waals surface area contributed by atoms with E-state index in [1.807, 2.05) is 29.4 Å². The molecule has 0 radical (unpaired) electrons. The first-order valence-electron chi connectivity index (χ1n) is 9.44. The third kappa shape index (κ3) is 3.75. The third-order valence-corrected chi connectivity index (χ3v) is 5.22. The van der Waals surface area contributed by atoms with E-state index in [0.717, 1.165) is 23.0 Å². The van der Waals surface area contributed by atoms with Gasteiger partial charge < -0.3 is 14.5 Å². The van der Waals surface area contributed by atoms with Crippen molar-refractivity contribution in [3.8, 4) is 11.7 Å². The Morgan fingerprint density at radius 2 is 1.76 bits per heavy atom. The molecular formula is C20H23N7O2. The first kappa shape index (κ1) is 18.9. The molecule has 0 spiro atoms. The van der Waals surface area contributed by atoms with Crippen LogP contribution in [0, 0.1) is 13.8 Å². The number of ether oxygens (including phenoxy) is 1. The zero-order chi connectivity index (χ0) is 20.4. The highest BCUT2D eigenvalue weighted by Crippen LogP contribution is 2.19. The summed E-state index contributed by atoms with van der Waals surface area (Å²) in [5, 5.41) is 0. The van der Waals surface area contributed by atoms with Crippen LogP contribution in [-0.4, -0.2) is 68.6 Å². The van der Waals surface area contributed by atoms with Crippen molar-refractivity contribution in [2.24, 2.45) is 0 Å². The van der Waals surface area contributed by atoms with E-state index in [2.05, 4.69) is 24.8 Å². The third-order valence-electron chi connectivity index (χ3n) is 5.22. The summed E-state index contributed by atoms with van der Waals surface area (Å²) < 4.78 is 7.00. The second-order valence-electron chi connectivity index (χ2n) is 6.89. The van der Waals surface area contributed by atoms with Gasteiger partial charge in [0.25, 0.3) is 5.91 Å². The Labute approximate surface area is 169 Å². The molecule has 3 aromatic heterocycles. The number of rotatable bonds is 4. The normalized spacial score (nSPS) is 14.2. The van der Waals surface area contributed by atoms with Gasteiger partial charge in [-0.2, -0.15) is 0 Å². The number of hydrogen-bond acceptors (Lipinski definition) is 7. The van der Waals surface area contributed by atoms with E-state index in [4.69, 9.17) is 4.74 Å². The highest BCUT2D eigenvalue weighted by Gasteiger charge is 2.23. The molecule has 1 amide bonds. The average Bonchev–Trinajstić information content (AvgIpc) is 3.12. The van der Waals surface area contributed by atoms with Crippen molar-refractivity contribution in [2.45, 2.75) is 13.8 Å². The number of methoxy groups -OCH3 is 1. The van der Waals surface area contributed by atoms with Crippen LogP contribution in [0.2, 0.25) is 0 Å². The number of piperazine rings is 1. The number of carbonyl (C=O) groups is 1. The van der Waals surface area contributed by atoms with Crippen LogP contribution < -0.4 is 9.64 Å². The number of pyridine rings is 1. The van der Waals surface area contributed by atoms with Gasteiger partial charge in [-0.05, 0) is 19.9 Å². The molecule has 1 saturated heterocycles. The minimum atomic E-state index is -0.0207. The molecule has 0 atom stereocenters. The topological polar surface area (TPSA) is 89.3 Å². The quantitative estimate of drug-likeness (QED) is 0.666. The van der Waals surface area contributed by atoms with Crippen molar-refractivity contribution in [1.29, 1.82) is 0 Å². The Bertz CT molecular complexity index is 1010. The van der Waals surface area contributed by atoms with Gasteiger partial charge in [0.1, 0.15) is 24.3 Å². The fourth-order valence-corrected chi connectivity index (χ4v) is 3.32. The maximum absolute atomic E-state index is 12.7. The van der Waals surface area contributed by atoms with Crippen molar-refractivity contribution in [3.05, 3.63) is 54.0 Å². The Morgan fingerprint density at radius 1 is 1.00 bits per heavy atom. The Hall–Kier alpha value is -3.49. The van der Waals surface area contributed by atoms with Crippen LogP contribution in [0.5, 0.6) is 5.88 Å². The van der Waals surface area contributed by atoms with Crippen LogP contribution in [0.4, 0.5) is 5.82 Å². The van der Waals surface area contributed by atoms with E-state index in [9.17, 15) is 4.79 Å². The van der Waals surface area contributed by atoms with Crippen molar-refractivity contribution < 1.29 is 9.53 Å². The summed E-state index contributed by atoms with van der Waals surface area (Å²) >= 11 is 0. The molecule has 9 nitrogen and oxygen atoms in total. The minimum Gasteiger partial charge on any atom is -0.481 e. The number of nitrogens with zero attached hydrogens (tertiary/aromatic N) is 7. The maximum atomic E-state index is 12.7. The second-order valence-corrected chi connectivity index (χ2v) is 6.89. The van der Waals surface area contributed by atoms with Gasteiger partial charge in [-0.25, -0.2) is 19.9 Å². The van der Waals surface area contributed by atoms with E-state index < -0.39 is 0 Å². The smallest absolute Gasteiger partial charge is 0.255 e. The number of aryl methyl sites for hydroxylation is 1. The first-order valence-corrected chi connectivity index (χ1v) is 9.44. The van der Waals surface area contributed by atoms with Gasteiger partial charge in [0, 0.05) is 50.2 Å². The fourth-order valence-electron chi connectivity index (χ4n) is 3.32. The molecule has 3 aromatic rings. The molecular weight excluding hydrogens is 370 g/mol. The predicted molar refractivity (Wildman–Crippen MR) is 108 cm³/mol. The summed E-state index contributed by atoms with van der Waals surface area (Å²) in [5.74, 6) is 2.11. The Morgan fingerprint density at radius 3 is 2.38 bits per heavy atom. The monoisotopic (exact) mass is 393 g/mol. The van der Waals surface area contributed by atoms with Crippen LogP contribution in [0.15, 0.2) is 37.1 Å². The standard InChI is InChI=1S/C20H23N7O2/c1-14-15(2)27(13-24-14)18-10-17(22-12-23-18)25-6-8-26(9-7-25)20(28)16-4-5-19(29-3)21-11-16/h4-5,10-13H,6-9H2,1-3H3. The van der Waals surface area contributed by atoms with Crippen molar-refractivity contribution in [2.75, 3.05) is 38.2 Å². The summed E-state index contributed by atoms with van der Waals surface area (Å²) in [5.41, 5.74) is 2.60. The number of hydrogen-bond donors (Lipinski definition) is 0. The van der Waals surface area contributed by atoms with Crippen molar-refractivity contribution in [3.63, 3.8) is 0 Å². The lowest BCUT2D eigenvalue weighted by Gasteiger charge is -2.35. The zero-order valence-corrected chi connectivity index (χ0v) is 16.7. The van der Waals surface area contributed by atoms with Gasteiger partial charge in [-0.15, -0.1) is 0 Å². The van der Waals surface area contributed by atoms with Gasteiger partial charge in [0.2, 0.25) is 5.88 Å². The number of anilines is 1. The van der Waals surface area contributed by atoms with Crippen molar-refractivity contribution >= 4 is 11.7 Å². The molecule has 9 heteroatoms. The molecule has 1 aliphatic rings. The van der Waals surface area contributed by atoms with Gasteiger partial charge in [0.15, 0.2) is 0 Å². The van der Waals surface area contributed by atoms with E-state index in [0.29, 0.717) is 37.6 Å². The van der Waals surface area contributed by atoms with Crippen LogP contribution in [-0.2, 0) is 0 Å². The largest absolute Gasteiger partial charge is 0.481 e. The predicted octanol–water partition coefficient (Wildman–Crippen LogP) is 1.65. The zero-order valence-electron chi connectivity index (χ0n) is 16.7. The van der Waals surface area contributed by atoms with Gasteiger partial charge in [-0.3, -0.25) is 9.36 Å². The lowest BCUT2D eigenvalue weighted by Crippen LogP contribution is -2.49. The summed E-state index contributed by atoms with van der Waals surface area (Å²) in [6.07, 6.45) is 4.90. The molecule has 0 N–H and O–H groups in total. The van der Waals surface area contributed by atoms with Crippen molar-refractivity contribution in [1.82, 2.24) is 29.4 Å². The first-order chi connectivity index (χ1) is 14.1. The maximum Gasteiger partial charge on any atom is 0.255 e. The highest BCUT2D eigenvalue weighted by molar-refractivity contribution is 5.94.